The van der Waals surface area contributed by atoms with Crippen LogP contribution in [0.1, 0.15) is 12.0 Å². The molecule has 0 aliphatic heterocycles. The maximum atomic E-state index is 11.0. The number of aromatic nitrogens is 1. The predicted octanol–water partition coefficient (Wildman–Crippen LogP) is 4.68. The maximum absolute atomic E-state index is 11.0. The van der Waals surface area contributed by atoms with Crippen LogP contribution < -0.4 is 4.74 Å². The molecule has 1 atom stereocenters. The molecule has 1 N–H and O–H groups in total. The van der Waals surface area contributed by atoms with E-state index in [0.717, 1.165) is 17.5 Å². The van der Waals surface area contributed by atoms with Crippen molar-refractivity contribution < 1.29 is 14.8 Å². The highest BCUT2D eigenvalue weighted by Crippen LogP contribution is 2.32. The van der Waals surface area contributed by atoms with Gasteiger partial charge in [-0.25, -0.2) is 0 Å². The van der Waals surface area contributed by atoms with Gasteiger partial charge in [-0.1, -0.05) is 23.7 Å². The van der Waals surface area contributed by atoms with Gasteiger partial charge in [0.1, 0.15) is 12.4 Å². The lowest BCUT2D eigenvalue weighted by Crippen LogP contribution is -2.18. The molecule has 3 rings (SSSR count). The van der Waals surface area contributed by atoms with Crippen LogP contribution in [-0.4, -0.2) is 27.7 Å². The Morgan fingerprint density at radius 2 is 1.82 bits per heavy atom. The van der Waals surface area contributed by atoms with Crippen LogP contribution in [0.15, 0.2) is 67.0 Å². The van der Waals surface area contributed by atoms with Crippen LogP contribution >= 0.6 is 11.6 Å². The summed E-state index contributed by atoms with van der Waals surface area (Å²) in [4.78, 5) is 14.5. The SMILES string of the molecule is O=[N+]([O-])c1ccc(Cl)c(-c2ccc(OCC(O)CCc3ccncc3)cc2)c1. The maximum Gasteiger partial charge on any atom is 0.270 e. The Bertz CT molecular complexity index is 933. The third kappa shape index (κ3) is 5.28. The molecule has 0 bridgehead atoms. The Morgan fingerprint density at radius 1 is 1.11 bits per heavy atom. The van der Waals surface area contributed by atoms with Gasteiger partial charge in [0.25, 0.3) is 5.69 Å². The standard InChI is InChI=1S/C21H19ClN2O4/c22-21-8-4-17(24(26)27)13-20(21)16-2-6-19(7-3-16)28-14-18(25)5-1-15-9-11-23-12-10-15/h2-4,6-13,18,25H,1,5,14H2. The molecule has 0 saturated carbocycles. The van der Waals surface area contributed by atoms with Crippen molar-refractivity contribution in [2.45, 2.75) is 18.9 Å². The van der Waals surface area contributed by atoms with E-state index in [4.69, 9.17) is 16.3 Å². The highest BCUT2D eigenvalue weighted by molar-refractivity contribution is 6.33. The van der Waals surface area contributed by atoms with E-state index in [0.29, 0.717) is 22.8 Å². The molecule has 6 nitrogen and oxygen atoms in total. The normalized spacial score (nSPS) is 11.8. The zero-order chi connectivity index (χ0) is 19.9. The molecule has 0 spiro atoms. The first-order chi connectivity index (χ1) is 13.5. The number of halogens is 1. The van der Waals surface area contributed by atoms with E-state index >= 15 is 0 Å². The van der Waals surface area contributed by atoms with Gasteiger partial charge in [-0.2, -0.15) is 0 Å². The van der Waals surface area contributed by atoms with Crippen molar-refractivity contribution in [3.63, 3.8) is 0 Å². The van der Waals surface area contributed by atoms with Crippen molar-refractivity contribution in [1.29, 1.82) is 0 Å². The van der Waals surface area contributed by atoms with E-state index in [1.165, 1.54) is 18.2 Å². The van der Waals surface area contributed by atoms with Gasteiger partial charge < -0.3 is 9.84 Å². The lowest BCUT2D eigenvalue weighted by molar-refractivity contribution is -0.384. The van der Waals surface area contributed by atoms with Gasteiger partial charge in [0.15, 0.2) is 0 Å². The first kappa shape index (κ1) is 19.8. The lowest BCUT2D eigenvalue weighted by atomic mass is 10.0. The number of nitro benzene ring substituents is 1. The summed E-state index contributed by atoms with van der Waals surface area (Å²) in [5, 5.41) is 21.5. The molecule has 1 aromatic heterocycles. The molecule has 0 fully saturated rings. The molecule has 1 unspecified atom stereocenters. The minimum Gasteiger partial charge on any atom is -0.491 e. The average Bonchev–Trinajstić information content (AvgIpc) is 2.72. The number of aliphatic hydroxyl groups excluding tert-OH is 1. The fraction of sp³-hybridized carbons (Fsp3) is 0.190. The van der Waals surface area contributed by atoms with Crippen LogP contribution in [-0.2, 0) is 6.42 Å². The first-order valence-corrected chi connectivity index (χ1v) is 9.15. The second-order valence-electron chi connectivity index (χ2n) is 6.30. The Labute approximate surface area is 167 Å². The van der Waals surface area contributed by atoms with Gasteiger partial charge in [0, 0.05) is 35.1 Å². The molecular weight excluding hydrogens is 380 g/mol. The van der Waals surface area contributed by atoms with Gasteiger partial charge in [0.05, 0.1) is 11.0 Å². The van der Waals surface area contributed by atoms with Crippen molar-refractivity contribution in [2.75, 3.05) is 6.61 Å². The van der Waals surface area contributed by atoms with Crippen LogP contribution in [0.2, 0.25) is 5.02 Å². The molecule has 7 heteroatoms. The molecule has 0 amide bonds. The number of hydrogen-bond acceptors (Lipinski definition) is 5. The average molecular weight is 399 g/mol. The molecule has 0 aliphatic carbocycles. The Hall–Kier alpha value is -2.96. The summed E-state index contributed by atoms with van der Waals surface area (Å²) in [7, 11) is 0. The van der Waals surface area contributed by atoms with Crippen LogP contribution in [0, 0.1) is 10.1 Å². The van der Waals surface area contributed by atoms with E-state index in [1.807, 2.05) is 12.1 Å². The van der Waals surface area contributed by atoms with Gasteiger partial charge >= 0.3 is 0 Å². The summed E-state index contributed by atoms with van der Waals surface area (Å²) in [6.45, 7) is 0.183. The number of rotatable bonds is 8. The van der Waals surface area contributed by atoms with Crippen LogP contribution in [0.25, 0.3) is 11.1 Å². The molecule has 0 saturated heterocycles. The van der Waals surface area contributed by atoms with Gasteiger partial charge in [-0.3, -0.25) is 15.1 Å². The summed E-state index contributed by atoms with van der Waals surface area (Å²) in [5.41, 5.74) is 2.43. The smallest absolute Gasteiger partial charge is 0.270 e. The van der Waals surface area contributed by atoms with Crippen molar-refractivity contribution in [3.8, 4) is 16.9 Å². The number of nitro groups is 1. The second kappa shape index (κ2) is 9.30. The number of non-ortho nitro benzene ring substituents is 1. The minimum atomic E-state index is -0.584. The summed E-state index contributed by atoms with van der Waals surface area (Å²) in [6, 6.07) is 15.2. The quantitative estimate of drug-likeness (QED) is 0.439. The number of hydrogen-bond donors (Lipinski definition) is 1. The summed E-state index contributed by atoms with van der Waals surface area (Å²) >= 11 is 6.17. The van der Waals surface area contributed by atoms with Crippen molar-refractivity contribution >= 4 is 17.3 Å². The molecule has 0 aliphatic rings. The highest BCUT2D eigenvalue weighted by Gasteiger charge is 2.12. The van der Waals surface area contributed by atoms with E-state index in [-0.39, 0.29) is 12.3 Å². The number of aliphatic hydroxyl groups is 1. The number of aryl methyl sites for hydroxylation is 1. The first-order valence-electron chi connectivity index (χ1n) is 8.77. The zero-order valence-electron chi connectivity index (χ0n) is 15.0. The molecule has 1 heterocycles. The number of nitrogens with zero attached hydrogens (tertiary/aromatic N) is 2. The third-order valence-corrected chi connectivity index (χ3v) is 4.61. The van der Waals surface area contributed by atoms with Gasteiger partial charge in [-0.05, 0) is 54.3 Å². The van der Waals surface area contributed by atoms with Crippen LogP contribution in [0.5, 0.6) is 5.75 Å². The fourth-order valence-electron chi connectivity index (χ4n) is 2.74. The van der Waals surface area contributed by atoms with Crippen LogP contribution in [0.3, 0.4) is 0 Å². The van der Waals surface area contributed by atoms with Crippen molar-refractivity contribution in [2.24, 2.45) is 0 Å². The zero-order valence-corrected chi connectivity index (χ0v) is 15.7. The van der Waals surface area contributed by atoms with Gasteiger partial charge in [-0.15, -0.1) is 0 Å². The lowest BCUT2D eigenvalue weighted by Gasteiger charge is -2.13. The van der Waals surface area contributed by atoms with Crippen molar-refractivity contribution in [3.05, 3.63) is 87.7 Å². The summed E-state index contributed by atoms with van der Waals surface area (Å²) < 4.78 is 5.64. The highest BCUT2D eigenvalue weighted by atomic mass is 35.5. The molecule has 0 radical (unpaired) electrons. The third-order valence-electron chi connectivity index (χ3n) is 4.28. The number of pyridine rings is 1. The molecule has 144 valence electrons. The summed E-state index contributed by atoms with van der Waals surface area (Å²) in [6.07, 6.45) is 4.21. The Balaban J connectivity index is 1.57. The molecular formula is C21H19ClN2O4. The fourth-order valence-corrected chi connectivity index (χ4v) is 2.96. The number of benzene rings is 2. The molecule has 2 aromatic carbocycles. The van der Waals surface area contributed by atoms with E-state index < -0.39 is 11.0 Å². The Kier molecular flexibility index (Phi) is 6.57. The van der Waals surface area contributed by atoms with Crippen LogP contribution in [0.4, 0.5) is 5.69 Å². The van der Waals surface area contributed by atoms with E-state index in [1.54, 1.807) is 36.7 Å². The number of ether oxygens (including phenoxy) is 1. The largest absolute Gasteiger partial charge is 0.491 e. The van der Waals surface area contributed by atoms with E-state index in [2.05, 4.69) is 4.98 Å². The Morgan fingerprint density at radius 3 is 2.50 bits per heavy atom. The molecule has 3 aromatic rings. The van der Waals surface area contributed by atoms with Gasteiger partial charge in [0.2, 0.25) is 0 Å². The second-order valence-corrected chi connectivity index (χ2v) is 6.71. The minimum absolute atomic E-state index is 0.0166. The van der Waals surface area contributed by atoms with Crippen molar-refractivity contribution in [1.82, 2.24) is 4.98 Å². The predicted molar refractivity (Wildman–Crippen MR) is 108 cm³/mol. The topological polar surface area (TPSA) is 85.5 Å². The summed E-state index contributed by atoms with van der Waals surface area (Å²) in [5.74, 6) is 0.605. The van der Waals surface area contributed by atoms with E-state index in [9.17, 15) is 15.2 Å². The molecule has 28 heavy (non-hydrogen) atoms. The monoisotopic (exact) mass is 398 g/mol.